The molecule has 0 amide bonds. The molecule has 0 aliphatic rings. The lowest BCUT2D eigenvalue weighted by Gasteiger charge is -2.09. The van der Waals surface area contributed by atoms with Crippen LogP contribution in [0.5, 0.6) is 0 Å². The highest BCUT2D eigenvalue weighted by Gasteiger charge is 2.12. The van der Waals surface area contributed by atoms with Crippen molar-refractivity contribution in [3.8, 4) is 0 Å². The van der Waals surface area contributed by atoms with Crippen LogP contribution >= 0.6 is 39.1 Å². The number of anilines is 1. The van der Waals surface area contributed by atoms with E-state index >= 15 is 0 Å². The van der Waals surface area contributed by atoms with E-state index in [-0.39, 0.29) is 0 Å². The molecule has 0 bridgehead atoms. The number of fused-ring (bicyclic) bond motifs is 1. The minimum absolute atomic E-state index is 0.644. The van der Waals surface area contributed by atoms with Crippen molar-refractivity contribution in [3.63, 3.8) is 0 Å². The van der Waals surface area contributed by atoms with Crippen LogP contribution in [0.1, 0.15) is 5.69 Å². The van der Waals surface area contributed by atoms with Gasteiger partial charge in [0.05, 0.1) is 16.4 Å². The summed E-state index contributed by atoms with van der Waals surface area (Å²) in [4.78, 5) is 3.28. The van der Waals surface area contributed by atoms with Crippen LogP contribution in [-0.2, 0) is 0 Å². The highest BCUT2D eigenvalue weighted by molar-refractivity contribution is 9.10. The number of aliphatic hydroxyl groups is 1. The number of halogens is 3. The van der Waals surface area contributed by atoms with Gasteiger partial charge in [0.25, 0.3) is 0 Å². The number of hydrogen-bond acceptors (Lipinski definition) is 2. The van der Waals surface area contributed by atoms with Crippen LogP contribution < -0.4 is 5.32 Å². The summed E-state index contributed by atoms with van der Waals surface area (Å²) in [6.45, 7) is 4.05. The minimum atomic E-state index is 0.644. The molecule has 120 valence electrons. The van der Waals surface area contributed by atoms with Gasteiger partial charge in [0.1, 0.15) is 0 Å². The number of aromatic nitrogens is 1. The van der Waals surface area contributed by atoms with Crippen molar-refractivity contribution in [2.75, 3.05) is 12.4 Å². The molecule has 6 heteroatoms. The average molecular weight is 414 g/mol. The van der Waals surface area contributed by atoms with Crippen LogP contribution in [0.2, 0.25) is 10.0 Å². The molecule has 2 aromatic carbocycles. The van der Waals surface area contributed by atoms with Crippen LogP contribution in [0.25, 0.3) is 16.6 Å². The molecule has 23 heavy (non-hydrogen) atoms. The van der Waals surface area contributed by atoms with E-state index in [1.54, 1.807) is 0 Å². The summed E-state index contributed by atoms with van der Waals surface area (Å²) in [6, 6.07) is 13.4. The lowest BCUT2D eigenvalue weighted by molar-refractivity contribution is 0.399. The summed E-state index contributed by atoms with van der Waals surface area (Å²) < 4.78 is 0.982. The molecule has 3 N–H and O–H groups in total. The van der Waals surface area contributed by atoms with Crippen molar-refractivity contribution in [2.24, 2.45) is 0 Å². The molecule has 0 radical (unpaired) electrons. The maximum Gasteiger partial charge on any atom is 0.0813 e. The second-order valence-electron chi connectivity index (χ2n) is 4.62. The summed E-state index contributed by atoms with van der Waals surface area (Å²) in [6.07, 6.45) is 0. The second kappa shape index (κ2) is 7.88. The molecule has 0 saturated heterocycles. The SMILES string of the molecule is C=C(Nc1cccc(Cl)c1)c1[nH]c2ccc(Br)cc2c1Cl.CO. The zero-order chi connectivity index (χ0) is 17.0. The zero-order valence-corrected chi connectivity index (χ0v) is 15.4. The van der Waals surface area contributed by atoms with Crippen molar-refractivity contribution in [3.05, 3.63) is 69.3 Å². The number of hydrogen-bond donors (Lipinski definition) is 3. The van der Waals surface area contributed by atoms with Crippen LogP contribution in [0.15, 0.2) is 53.5 Å². The number of H-pyrrole nitrogens is 1. The van der Waals surface area contributed by atoms with E-state index in [2.05, 4.69) is 32.8 Å². The van der Waals surface area contributed by atoms with E-state index in [4.69, 9.17) is 28.3 Å². The fourth-order valence-electron chi connectivity index (χ4n) is 2.14. The Hall–Kier alpha value is -1.46. The van der Waals surface area contributed by atoms with Gasteiger partial charge in [0.15, 0.2) is 0 Å². The molecular weight excluding hydrogens is 399 g/mol. The predicted molar refractivity (Wildman–Crippen MR) is 103 cm³/mol. The Morgan fingerprint density at radius 3 is 2.61 bits per heavy atom. The maximum atomic E-state index is 7.00. The molecule has 3 aromatic rings. The van der Waals surface area contributed by atoms with E-state index in [9.17, 15) is 0 Å². The largest absolute Gasteiger partial charge is 0.400 e. The van der Waals surface area contributed by atoms with E-state index < -0.39 is 0 Å². The third-order valence-electron chi connectivity index (χ3n) is 3.12. The third kappa shape index (κ3) is 4.09. The lowest BCUT2D eigenvalue weighted by atomic mass is 10.2. The molecule has 0 aliphatic heterocycles. The smallest absolute Gasteiger partial charge is 0.0813 e. The van der Waals surface area contributed by atoms with Gasteiger partial charge >= 0.3 is 0 Å². The van der Waals surface area contributed by atoms with Crippen molar-refractivity contribution < 1.29 is 5.11 Å². The molecule has 0 aliphatic carbocycles. The molecule has 0 spiro atoms. The topological polar surface area (TPSA) is 48.0 Å². The molecular formula is C17H15BrCl2N2O. The van der Waals surface area contributed by atoms with E-state index in [1.807, 2.05) is 42.5 Å². The Kier molecular flexibility index (Phi) is 6.13. The molecule has 0 unspecified atom stereocenters. The normalized spacial score (nSPS) is 10.1. The standard InChI is InChI=1S/C16H11BrCl2N2.CH4O/c1-9(20-12-4-2-3-11(18)8-12)16-15(19)13-7-10(17)5-6-14(13)21-16;1-2/h2-8,20-21H,1H2;2H,1H3. The summed E-state index contributed by atoms with van der Waals surface area (Å²) in [5, 5.41) is 12.5. The minimum Gasteiger partial charge on any atom is -0.400 e. The van der Waals surface area contributed by atoms with Gasteiger partial charge in [-0.1, -0.05) is 51.8 Å². The Morgan fingerprint density at radius 1 is 1.17 bits per heavy atom. The lowest BCUT2D eigenvalue weighted by Crippen LogP contribution is -1.98. The number of aromatic amines is 1. The van der Waals surface area contributed by atoms with Crippen molar-refractivity contribution in [1.82, 2.24) is 4.98 Å². The summed E-state index contributed by atoms with van der Waals surface area (Å²) in [5.41, 5.74) is 3.29. The number of aliphatic hydroxyl groups excluding tert-OH is 1. The Bertz CT molecular complexity index is 846. The average Bonchev–Trinajstić information content (AvgIpc) is 2.86. The second-order valence-corrected chi connectivity index (χ2v) is 6.35. The molecule has 3 rings (SSSR count). The summed E-state index contributed by atoms with van der Waals surface area (Å²) >= 11 is 15.9. The molecule has 0 fully saturated rings. The van der Waals surface area contributed by atoms with Crippen molar-refractivity contribution in [1.29, 1.82) is 0 Å². The first kappa shape index (κ1) is 17.9. The zero-order valence-electron chi connectivity index (χ0n) is 12.3. The molecule has 3 nitrogen and oxygen atoms in total. The van der Waals surface area contributed by atoms with E-state index in [0.717, 1.165) is 33.9 Å². The van der Waals surface area contributed by atoms with Gasteiger partial charge in [0.2, 0.25) is 0 Å². The first-order valence-corrected chi connectivity index (χ1v) is 8.23. The van der Waals surface area contributed by atoms with Crippen LogP contribution in [0, 0.1) is 0 Å². The van der Waals surface area contributed by atoms with Gasteiger partial charge in [0, 0.05) is 33.2 Å². The molecule has 1 heterocycles. The van der Waals surface area contributed by atoms with Gasteiger partial charge in [-0.05, 0) is 36.4 Å². The fourth-order valence-corrected chi connectivity index (χ4v) is 3.01. The van der Waals surface area contributed by atoms with Crippen LogP contribution in [0.4, 0.5) is 5.69 Å². The first-order valence-electron chi connectivity index (χ1n) is 6.68. The maximum absolute atomic E-state index is 7.00. The number of rotatable bonds is 3. The van der Waals surface area contributed by atoms with Gasteiger partial charge in [-0.2, -0.15) is 0 Å². The van der Waals surface area contributed by atoms with E-state index in [0.29, 0.717) is 15.7 Å². The van der Waals surface area contributed by atoms with Gasteiger partial charge < -0.3 is 15.4 Å². The Balaban J connectivity index is 0.000000924. The number of nitrogens with one attached hydrogen (secondary N) is 2. The molecule has 0 saturated carbocycles. The van der Waals surface area contributed by atoms with Crippen LogP contribution in [-0.4, -0.2) is 17.2 Å². The number of benzene rings is 2. The molecule has 1 aromatic heterocycles. The Morgan fingerprint density at radius 2 is 1.91 bits per heavy atom. The molecule has 0 atom stereocenters. The predicted octanol–water partition coefficient (Wildman–Crippen LogP) is 5.93. The van der Waals surface area contributed by atoms with Gasteiger partial charge in [-0.3, -0.25) is 0 Å². The Labute approximate surface area is 153 Å². The highest BCUT2D eigenvalue weighted by atomic mass is 79.9. The summed E-state index contributed by atoms with van der Waals surface area (Å²) in [7, 11) is 1.00. The third-order valence-corrected chi connectivity index (χ3v) is 4.24. The van der Waals surface area contributed by atoms with Gasteiger partial charge in [-0.25, -0.2) is 0 Å². The fraction of sp³-hybridized carbons (Fsp3) is 0.0588. The summed E-state index contributed by atoms with van der Waals surface area (Å²) in [5.74, 6) is 0. The van der Waals surface area contributed by atoms with Crippen LogP contribution in [0.3, 0.4) is 0 Å². The van der Waals surface area contributed by atoms with Gasteiger partial charge in [-0.15, -0.1) is 0 Å². The monoisotopic (exact) mass is 412 g/mol. The van der Waals surface area contributed by atoms with Crippen molar-refractivity contribution in [2.45, 2.75) is 0 Å². The quantitative estimate of drug-likeness (QED) is 0.498. The highest BCUT2D eigenvalue weighted by Crippen LogP contribution is 2.33. The van der Waals surface area contributed by atoms with Crippen molar-refractivity contribution >= 4 is 61.4 Å². The van der Waals surface area contributed by atoms with E-state index in [1.165, 1.54) is 0 Å². The first-order chi connectivity index (χ1) is 11.0.